The number of aryl methyl sites for hydroxylation is 1. The van der Waals surface area contributed by atoms with Gasteiger partial charge in [0.05, 0.1) is 13.0 Å². The molecular weight excluding hydrogens is 462 g/mol. The molecular formula is C31H37N3O3. The van der Waals surface area contributed by atoms with Gasteiger partial charge in [-0.25, -0.2) is 0 Å². The molecule has 1 saturated heterocycles. The summed E-state index contributed by atoms with van der Waals surface area (Å²) in [6.07, 6.45) is 8.89. The third-order valence-electron chi connectivity index (χ3n) is 7.38. The zero-order valence-electron chi connectivity index (χ0n) is 21.6. The van der Waals surface area contributed by atoms with Gasteiger partial charge in [0.15, 0.2) is 0 Å². The fourth-order valence-corrected chi connectivity index (χ4v) is 5.16. The van der Waals surface area contributed by atoms with E-state index < -0.39 is 0 Å². The SMILES string of the molecule is COC(=O)[C@H](CCC1CCNCC1)[C@@H](CCc1ccccc1)NC(=O)c1ccc(-c2cccnc2)cc1. The largest absolute Gasteiger partial charge is 0.469 e. The lowest BCUT2D eigenvalue weighted by atomic mass is 9.84. The van der Waals surface area contributed by atoms with Gasteiger partial charge in [-0.1, -0.05) is 48.5 Å². The van der Waals surface area contributed by atoms with E-state index >= 15 is 0 Å². The van der Waals surface area contributed by atoms with Gasteiger partial charge in [-0.2, -0.15) is 0 Å². The Bertz CT molecular complexity index is 1110. The molecule has 4 rings (SSSR count). The molecule has 1 aromatic heterocycles. The summed E-state index contributed by atoms with van der Waals surface area (Å²) in [5.41, 5.74) is 3.75. The Morgan fingerprint density at radius 2 is 1.73 bits per heavy atom. The number of nitrogens with zero attached hydrogens (tertiary/aromatic N) is 1. The Morgan fingerprint density at radius 1 is 0.973 bits per heavy atom. The highest BCUT2D eigenvalue weighted by molar-refractivity contribution is 5.95. The van der Waals surface area contributed by atoms with Crippen LogP contribution in [0.5, 0.6) is 0 Å². The zero-order chi connectivity index (χ0) is 25.9. The van der Waals surface area contributed by atoms with Crippen LogP contribution in [-0.2, 0) is 16.0 Å². The molecule has 3 aromatic rings. The minimum atomic E-state index is -0.387. The highest BCUT2D eigenvalue weighted by Crippen LogP contribution is 2.26. The molecule has 37 heavy (non-hydrogen) atoms. The number of hydrogen-bond donors (Lipinski definition) is 2. The lowest BCUT2D eigenvalue weighted by Crippen LogP contribution is -2.44. The first-order chi connectivity index (χ1) is 18.1. The average molecular weight is 500 g/mol. The van der Waals surface area contributed by atoms with Gasteiger partial charge in [-0.05, 0) is 92.4 Å². The number of carbonyl (C=O) groups excluding carboxylic acids is 2. The van der Waals surface area contributed by atoms with Crippen molar-refractivity contribution < 1.29 is 14.3 Å². The van der Waals surface area contributed by atoms with Crippen molar-refractivity contribution in [2.45, 2.75) is 44.6 Å². The standard InChI is InChI=1S/C31H37N3O3/c1-37-31(36)28(15-9-24-17-20-32-21-18-24)29(16-10-23-6-3-2-4-7-23)34-30(35)26-13-11-25(12-14-26)27-8-5-19-33-22-27/h2-8,11-14,19,22,24,28-29,32H,9-10,15-18,20-21H2,1H3,(H,34,35)/t28-,29-/m1/s1. The van der Waals surface area contributed by atoms with Crippen LogP contribution in [0.1, 0.15) is 48.0 Å². The number of esters is 1. The Kier molecular flexibility index (Phi) is 9.83. The van der Waals surface area contributed by atoms with E-state index in [2.05, 4.69) is 27.8 Å². The van der Waals surface area contributed by atoms with Crippen LogP contribution in [-0.4, -0.2) is 43.1 Å². The Hall–Kier alpha value is -3.51. The summed E-state index contributed by atoms with van der Waals surface area (Å²) in [5, 5.41) is 6.61. The number of rotatable bonds is 11. The minimum Gasteiger partial charge on any atom is -0.469 e. The van der Waals surface area contributed by atoms with Gasteiger partial charge in [-0.15, -0.1) is 0 Å². The minimum absolute atomic E-state index is 0.174. The fourth-order valence-electron chi connectivity index (χ4n) is 5.16. The first kappa shape index (κ1) is 26.6. The number of pyridine rings is 1. The maximum absolute atomic E-state index is 13.4. The smallest absolute Gasteiger partial charge is 0.310 e. The fraction of sp³-hybridized carbons (Fsp3) is 0.387. The molecule has 2 atom stereocenters. The molecule has 194 valence electrons. The van der Waals surface area contributed by atoms with Crippen molar-refractivity contribution in [3.8, 4) is 11.1 Å². The predicted molar refractivity (Wildman–Crippen MR) is 146 cm³/mol. The van der Waals surface area contributed by atoms with Crippen LogP contribution in [0.4, 0.5) is 0 Å². The van der Waals surface area contributed by atoms with Crippen LogP contribution < -0.4 is 10.6 Å². The van der Waals surface area contributed by atoms with Crippen LogP contribution in [0.3, 0.4) is 0 Å². The van der Waals surface area contributed by atoms with Crippen molar-refractivity contribution in [3.05, 3.63) is 90.3 Å². The Morgan fingerprint density at radius 3 is 2.41 bits per heavy atom. The Balaban J connectivity index is 1.49. The predicted octanol–water partition coefficient (Wildman–Crippen LogP) is 5.05. The highest BCUT2D eigenvalue weighted by atomic mass is 16.5. The third-order valence-corrected chi connectivity index (χ3v) is 7.38. The molecule has 0 aliphatic carbocycles. The van der Waals surface area contributed by atoms with Crippen molar-refractivity contribution in [1.82, 2.24) is 15.6 Å². The number of hydrogen-bond acceptors (Lipinski definition) is 5. The topological polar surface area (TPSA) is 80.3 Å². The van der Waals surface area contributed by atoms with E-state index in [9.17, 15) is 9.59 Å². The summed E-state index contributed by atoms with van der Waals surface area (Å²) in [6.45, 7) is 2.05. The number of nitrogens with one attached hydrogen (secondary N) is 2. The van der Waals surface area contributed by atoms with Crippen molar-refractivity contribution in [3.63, 3.8) is 0 Å². The van der Waals surface area contributed by atoms with Gasteiger partial charge in [0.25, 0.3) is 5.91 Å². The number of methoxy groups -OCH3 is 1. The Labute approximate surface area is 219 Å². The third kappa shape index (κ3) is 7.73. The van der Waals surface area contributed by atoms with Crippen LogP contribution in [0.2, 0.25) is 0 Å². The van der Waals surface area contributed by atoms with E-state index in [0.717, 1.165) is 49.9 Å². The second kappa shape index (κ2) is 13.7. The maximum atomic E-state index is 13.4. The number of piperidine rings is 1. The molecule has 2 heterocycles. The van der Waals surface area contributed by atoms with Gasteiger partial charge in [0, 0.05) is 24.0 Å². The van der Waals surface area contributed by atoms with Crippen LogP contribution >= 0.6 is 0 Å². The van der Waals surface area contributed by atoms with E-state index in [1.165, 1.54) is 12.7 Å². The molecule has 0 unspecified atom stereocenters. The van der Waals surface area contributed by atoms with Crippen LogP contribution in [0.25, 0.3) is 11.1 Å². The van der Waals surface area contributed by atoms with E-state index in [4.69, 9.17) is 4.74 Å². The molecule has 0 spiro atoms. The van der Waals surface area contributed by atoms with Crippen LogP contribution in [0.15, 0.2) is 79.1 Å². The normalized spacial score (nSPS) is 15.5. The van der Waals surface area contributed by atoms with E-state index in [0.29, 0.717) is 24.3 Å². The van der Waals surface area contributed by atoms with Crippen molar-refractivity contribution >= 4 is 11.9 Å². The van der Waals surface area contributed by atoms with E-state index in [-0.39, 0.29) is 23.8 Å². The molecule has 2 aromatic carbocycles. The second-order valence-corrected chi connectivity index (χ2v) is 9.82. The lowest BCUT2D eigenvalue weighted by molar-refractivity contribution is -0.146. The molecule has 2 N–H and O–H groups in total. The van der Waals surface area contributed by atoms with Gasteiger partial charge < -0.3 is 15.4 Å². The molecule has 1 aliphatic rings. The van der Waals surface area contributed by atoms with Gasteiger partial charge in [0.1, 0.15) is 0 Å². The quantitative estimate of drug-likeness (QED) is 0.361. The summed E-state index contributed by atoms with van der Waals surface area (Å²) in [7, 11) is 1.44. The van der Waals surface area contributed by atoms with Gasteiger partial charge in [0.2, 0.25) is 0 Å². The molecule has 6 heteroatoms. The summed E-state index contributed by atoms with van der Waals surface area (Å²) in [5.74, 6) is -0.216. The summed E-state index contributed by atoms with van der Waals surface area (Å²) in [6, 6.07) is 21.3. The van der Waals surface area contributed by atoms with Crippen molar-refractivity contribution in [2.24, 2.45) is 11.8 Å². The number of aromatic nitrogens is 1. The van der Waals surface area contributed by atoms with Crippen molar-refractivity contribution in [1.29, 1.82) is 0 Å². The monoisotopic (exact) mass is 499 g/mol. The first-order valence-corrected chi connectivity index (χ1v) is 13.3. The second-order valence-electron chi connectivity index (χ2n) is 9.82. The molecule has 6 nitrogen and oxygen atoms in total. The zero-order valence-corrected chi connectivity index (χ0v) is 21.6. The van der Waals surface area contributed by atoms with Crippen molar-refractivity contribution in [2.75, 3.05) is 20.2 Å². The average Bonchev–Trinajstić information content (AvgIpc) is 2.97. The van der Waals surface area contributed by atoms with E-state index in [1.54, 1.807) is 12.4 Å². The lowest BCUT2D eigenvalue weighted by Gasteiger charge is -2.29. The number of ether oxygens (including phenoxy) is 1. The number of benzene rings is 2. The summed E-state index contributed by atoms with van der Waals surface area (Å²) in [4.78, 5) is 30.5. The van der Waals surface area contributed by atoms with Gasteiger partial charge in [-0.3, -0.25) is 14.6 Å². The first-order valence-electron chi connectivity index (χ1n) is 13.3. The summed E-state index contributed by atoms with van der Waals surface area (Å²) < 4.78 is 5.23. The van der Waals surface area contributed by atoms with Gasteiger partial charge >= 0.3 is 5.97 Å². The number of carbonyl (C=O) groups is 2. The molecule has 1 amide bonds. The molecule has 0 bridgehead atoms. The summed E-state index contributed by atoms with van der Waals surface area (Å²) >= 11 is 0. The van der Waals surface area contributed by atoms with E-state index in [1.807, 2.05) is 54.6 Å². The highest BCUT2D eigenvalue weighted by Gasteiger charge is 2.31. The molecule has 1 fully saturated rings. The molecule has 1 aliphatic heterocycles. The molecule has 0 saturated carbocycles. The van der Waals surface area contributed by atoms with Crippen LogP contribution in [0, 0.1) is 11.8 Å². The molecule has 0 radical (unpaired) electrons. The maximum Gasteiger partial charge on any atom is 0.310 e. The number of amides is 1.